The fourth-order valence-corrected chi connectivity index (χ4v) is 2.84. The number of amides is 1. The zero-order valence-electron chi connectivity index (χ0n) is 12.1. The van der Waals surface area contributed by atoms with Gasteiger partial charge in [-0.05, 0) is 37.1 Å². The summed E-state index contributed by atoms with van der Waals surface area (Å²) in [4.78, 5) is 16.6. The lowest BCUT2D eigenvalue weighted by Gasteiger charge is -2.22. The Bertz CT molecular complexity index is 586. The minimum absolute atomic E-state index is 0.0365. The Balaban J connectivity index is 1.67. The number of pyridine rings is 1. The number of nitrogens with zero attached hydrogens (tertiary/aromatic N) is 1. The summed E-state index contributed by atoms with van der Waals surface area (Å²) < 4.78 is 0. The first kappa shape index (κ1) is 13.8. The maximum atomic E-state index is 12.2. The lowest BCUT2D eigenvalue weighted by atomic mass is 9.95. The van der Waals surface area contributed by atoms with E-state index < -0.39 is 0 Å². The lowest BCUT2D eigenvalue weighted by Crippen LogP contribution is -2.36. The lowest BCUT2D eigenvalue weighted by molar-refractivity contribution is 0.0928. The SMILES string of the molecule is O=C(NC1CCCCC1)c1ccc(-c2ccccn2)cc1. The third-order valence-electron chi connectivity index (χ3n) is 4.05. The summed E-state index contributed by atoms with van der Waals surface area (Å²) in [6.07, 6.45) is 7.74. The van der Waals surface area contributed by atoms with Crippen molar-refractivity contribution in [2.45, 2.75) is 38.1 Å². The zero-order valence-corrected chi connectivity index (χ0v) is 12.1. The van der Waals surface area contributed by atoms with E-state index in [4.69, 9.17) is 0 Å². The van der Waals surface area contributed by atoms with Crippen molar-refractivity contribution >= 4 is 5.91 Å². The van der Waals surface area contributed by atoms with E-state index in [0.29, 0.717) is 6.04 Å². The van der Waals surface area contributed by atoms with E-state index in [0.717, 1.165) is 29.7 Å². The molecule has 3 nitrogen and oxygen atoms in total. The molecule has 1 fully saturated rings. The number of rotatable bonds is 3. The molecule has 1 aliphatic carbocycles. The fraction of sp³-hybridized carbons (Fsp3) is 0.333. The van der Waals surface area contributed by atoms with E-state index in [-0.39, 0.29) is 5.91 Å². The molecule has 108 valence electrons. The molecule has 0 atom stereocenters. The van der Waals surface area contributed by atoms with Crippen molar-refractivity contribution in [1.29, 1.82) is 0 Å². The third-order valence-corrected chi connectivity index (χ3v) is 4.05. The van der Waals surface area contributed by atoms with E-state index in [9.17, 15) is 4.79 Å². The molecular formula is C18H20N2O. The van der Waals surface area contributed by atoms with Crippen LogP contribution in [0.1, 0.15) is 42.5 Å². The largest absolute Gasteiger partial charge is 0.349 e. The molecular weight excluding hydrogens is 260 g/mol. The van der Waals surface area contributed by atoms with Crippen LogP contribution >= 0.6 is 0 Å². The quantitative estimate of drug-likeness (QED) is 0.929. The summed E-state index contributed by atoms with van der Waals surface area (Å²) in [7, 11) is 0. The molecule has 1 aromatic carbocycles. The molecule has 0 unspecified atom stereocenters. The van der Waals surface area contributed by atoms with Crippen LogP contribution in [0.5, 0.6) is 0 Å². The number of aromatic nitrogens is 1. The topological polar surface area (TPSA) is 42.0 Å². The van der Waals surface area contributed by atoms with Crippen LogP contribution in [-0.2, 0) is 0 Å². The zero-order chi connectivity index (χ0) is 14.5. The summed E-state index contributed by atoms with van der Waals surface area (Å²) in [5.41, 5.74) is 2.68. The highest BCUT2D eigenvalue weighted by molar-refractivity contribution is 5.94. The van der Waals surface area contributed by atoms with Gasteiger partial charge in [0.2, 0.25) is 0 Å². The normalized spacial score (nSPS) is 15.6. The molecule has 1 aromatic heterocycles. The summed E-state index contributed by atoms with van der Waals surface area (Å²) in [6.45, 7) is 0. The highest BCUT2D eigenvalue weighted by Crippen LogP contribution is 2.19. The van der Waals surface area contributed by atoms with Gasteiger partial charge in [0.1, 0.15) is 0 Å². The smallest absolute Gasteiger partial charge is 0.251 e. The predicted octanol–water partition coefficient (Wildman–Crippen LogP) is 3.81. The second-order valence-corrected chi connectivity index (χ2v) is 5.60. The second kappa shape index (κ2) is 6.53. The van der Waals surface area contributed by atoms with Crippen molar-refractivity contribution in [2.24, 2.45) is 0 Å². The van der Waals surface area contributed by atoms with Crippen LogP contribution in [0, 0.1) is 0 Å². The molecule has 1 aliphatic rings. The number of nitrogens with one attached hydrogen (secondary N) is 1. The molecule has 3 rings (SSSR count). The Morgan fingerprint density at radius 2 is 1.76 bits per heavy atom. The molecule has 21 heavy (non-hydrogen) atoms. The molecule has 0 radical (unpaired) electrons. The van der Waals surface area contributed by atoms with Gasteiger partial charge < -0.3 is 5.32 Å². The molecule has 0 aliphatic heterocycles. The molecule has 0 spiro atoms. The number of hydrogen-bond acceptors (Lipinski definition) is 2. The van der Waals surface area contributed by atoms with Gasteiger partial charge in [0.25, 0.3) is 5.91 Å². The van der Waals surface area contributed by atoms with Crippen LogP contribution in [0.3, 0.4) is 0 Å². The number of hydrogen-bond donors (Lipinski definition) is 1. The van der Waals surface area contributed by atoms with Crippen LogP contribution in [0.4, 0.5) is 0 Å². The van der Waals surface area contributed by atoms with Gasteiger partial charge in [-0.15, -0.1) is 0 Å². The summed E-state index contributed by atoms with van der Waals surface area (Å²) >= 11 is 0. The van der Waals surface area contributed by atoms with Gasteiger partial charge in [-0.3, -0.25) is 9.78 Å². The molecule has 1 amide bonds. The third kappa shape index (κ3) is 3.48. The Morgan fingerprint density at radius 3 is 2.43 bits per heavy atom. The summed E-state index contributed by atoms with van der Waals surface area (Å²) in [5, 5.41) is 3.14. The van der Waals surface area contributed by atoms with Gasteiger partial charge in [0.15, 0.2) is 0 Å². The van der Waals surface area contributed by atoms with Crippen LogP contribution in [0.2, 0.25) is 0 Å². The Labute approximate surface area is 125 Å². The fourth-order valence-electron chi connectivity index (χ4n) is 2.84. The van der Waals surface area contributed by atoms with Crippen molar-refractivity contribution in [2.75, 3.05) is 0 Å². The van der Waals surface area contributed by atoms with E-state index in [1.54, 1.807) is 6.20 Å². The molecule has 0 saturated heterocycles. The molecule has 0 bridgehead atoms. The highest BCUT2D eigenvalue weighted by atomic mass is 16.1. The van der Waals surface area contributed by atoms with Crippen LogP contribution in [-0.4, -0.2) is 16.9 Å². The van der Waals surface area contributed by atoms with E-state index >= 15 is 0 Å². The van der Waals surface area contributed by atoms with E-state index in [1.807, 2.05) is 42.5 Å². The second-order valence-electron chi connectivity index (χ2n) is 5.60. The minimum Gasteiger partial charge on any atom is -0.349 e. The van der Waals surface area contributed by atoms with Gasteiger partial charge in [-0.1, -0.05) is 37.5 Å². The van der Waals surface area contributed by atoms with Crippen molar-refractivity contribution in [3.05, 3.63) is 54.2 Å². The van der Waals surface area contributed by atoms with Crippen LogP contribution < -0.4 is 5.32 Å². The van der Waals surface area contributed by atoms with Gasteiger partial charge >= 0.3 is 0 Å². The first-order chi connectivity index (χ1) is 10.3. The first-order valence-electron chi connectivity index (χ1n) is 7.65. The van der Waals surface area contributed by atoms with Crippen molar-refractivity contribution in [1.82, 2.24) is 10.3 Å². The summed E-state index contributed by atoms with van der Waals surface area (Å²) in [5.74, 6) is 0.0365. The Morgan fingerprint density at radius 1 is 1.00 bits per heavy atom. The molecule has 3 heteroatoms. The monoisotopic (exact) mass is 280 g/mol. The number of benzene rings is 1. The van der Waals surface area contributed by atoms with Crippen LogP contribution in [0.25, 0.3) is 11.3 Å². The van der Waals surface area contributed by atoms with E-state index in [1.165, 1.54) is 19.3 Å². The van der Waals surface area contributed by atoms with E-state index in [2.05, 4.69) is 10.3 Å². The Hall–Kier alpha value is -2.16. The average Bonchev–Trinajstić information content (AvgIpc) is 2.57. The van der Waals surface area contributed by atoms with Crippen molar-refractivity contribution in [3.63, 3.8) is 0 Å². The van der Waals surface area contributed by atoms with Gasteiger partial charge in [-0.2, -0.15) is 0 Å². The number of carbonyl (C=O) groups excluding carboxylic acids is 1. The maximum Gasteiger partial charge on any atom is 0.251 e. The minimum atomic E-state index is 0.0365. The summed E-state index contributed by atoms with van der Waals surface area (Å²) in [6, 6.07) is 13.8. The Kier molecular flexibility index (Phi) is 4.29. The average molecular weight is 280 g/mol. The molecule has 2 aromatic rings. The van der Waals surface area contributed by atoms with Crippen molar-refractivity contribution < 1.29 is 4.79 Å². The predicted molar refractivity (Wildman–Crippen MR) is 84.0 cm³/mol. The number of carbonyl (C=O) groups is 1. The van der Waals surface area contributed by atoms with Gasteiger partial charge in [-0.25, -0.2) is 0 Å². The highest BCUT2D eigenvalue weighted by Gasteiger charge is 2.16. The maximum absolute atomic E-state index is 12.2. The standard InChI is InChI=1S/C18H20N2O/c21-18(20-16-6-2-1-3-7-16)15-11-9-14(10-12-15)17-8-4-5-13-19-17/h4-5,8-13,16H,1-3,6-7H2,(H,20,21). The molecule has 1 N–H and O–H groups in total. The van der Waals surface area contributed by atoms with Crippen molar-refractivity contribution in [3.8, 4) is 11.3 Å². The van der Waals surface area contributed by atoms with Gasteiger partial charge in [0.05, 0.1) is 5.69 Å². The molecule has 1 heterocycles. The first-order valence-corrected chi connectivity index (χ1v) is 7.65. The molecule has 1 saturated carbocycles. The van der Waals surface area contributed by atoms with Crippen LogP contribution in [0.15, 0.2) is 48.7 Å². The van der Waals surface area contributed by atoms with Gasteiger partial charge in [0, 0.05) is 23.4 Å².